The highest BCUT2D eigenvalue weighted by Crippen LogP contribution is 2.11. The van der Waals surface area contributed by atoms with Gasteiger partial charge in [0.15, 0.2) is 0 Å². The molecule has 0 aliphatic rings. The van der Waals surface area contributed by atoms with Gasteiger partial charge in [0.1, 0.15) is 0 Å². The molecule has 0 aliphatic carbocycles. The number of nitrogens with one attached hydrogen (secondary N) is 2. The Morgan fingerprint density at radius 2 is 2.06 bits per heavy atom. The standard InChI is InChI=1S/C13H17N3O/c1-2-3-8-14-11-4-6-12(7-5-11)16-10-9-15-13(16)17/h4-7,9-10,14H,2-3,8H2,1H3,(H,15,17). The molecule has 0 amide bonds. The van der Waals surface area contributed by atoms with E-state index in [0.29, 0.717) is 0 Å². The minimum atomic E-state index is -0.114. The van der Waals surface area contributed by atoms with Gasteiger partial charge in [0.05, 0.1) is 5.69 Å². The predicted molar refractivity (Wildman–Crippen MR) is 69.8 cm³/mol. The molecule has 0 atom stereocenters. The van der Waals surface area contributed by atoms with Crippen LogP contribution in [0, 0.1) is 0 Å². The molecule has 0 spiro atoms. The topological polar surface area (TPSA) is 49.8 Å². The first-order valence-corrected chi connectivity index (χ1v) is 5.91. The number of H-pyrrole nitrogens is 1. The van der Waals surface area contributed by atoms with Gasteiger partial charge in [0.2, 0.25) is 0 Å². The van der Waals surface area contributed by atoms with E-state index >= 15 is 0 Å². The summed E-state index contributed by atoms with van der Waals surface area (Å²) in [5.41, 5.74) is 1.85. The zero-order chi connectivity index (χ0) is 12.1. The number of aromatic amines is 1. The van der Waals surface area contributed by atoms with Crippen LogP contribution < -0.4 is 11.0 Å². The lowest BCUT2D eigenvalue weighted by Crippen LogP contribution is -2.13. The minimum Gasteiger partial charge on any atom is -0.385 e. The molecule has 0 aliphatic heterocycles. The van der Waals surface area contributed by atoms with Crippen LogP contribution in [0.1, 0.15) is 19.8 Å². The molecule has 2 aromatic rings. The van der Waals surface area contributed by atoms with Gasteiger partial charge >= 0.3 is 5.69 Å². The van der Waals surface area contributed by atoms with E-state index in [-0.39, 0.29) is 5.69 Å². The van der Waals surface area contributed by atoms with Gasteiger partial charge in [-0.2, -0.15) is 0 Å². The third-order valence-corrected chi connectivity index (χ3v) is 2.65. The Kier molecular flexibility index (Phi) is 3.65. The van der Waals surface area contributed by atoms with Crippen molar-refractivity contribution in [3.63, 3.8) is 0 Å². The molecule has 2 rings (SSSR count). The maximum Gasteiger partial charge on any atom is 0.330 e. The maximum absolute atomic E-state index is 11.4. The third-order valence-electron chi connectivity index (χ3n) is 2.65. The number of aromatic nitrogens is 2. The lowest BCUT2D eigenvalue weighted by molar-refractivity contribution is 0.834. The second-order valence-corrected chi connectivity index (χ2v) is 3.96. The van der Waals surface area contributed by atoms with Crippen LogP contribution in [0.5, 0.6) is 0 Å². The molecule has 0 radical (unpaired) electrons. The molecule has 0 unspecified atom stereocenters. The summed E-state index contributed by atoms with van der Waals surface area (Å²) in [5.74, 6) is 0. The Morgan fingerprint density at radius 3 is 2.65 bits per heavy atom. The van der Waals surface area contributed by atoms with Gasteiger partial charge in [0, 0.05) is 24.6 Å². The SMILES string of the molecule is CCCCNc1ccc(-n2cc[nH]c2=O)cc1. The van der Waals surface area contributed by atoms with Gasteiger partial charge in [-0.1, -0.05) is 13.3 Å². The molecule has 0 fully saturated rings. The Balaban J connectivity index is 2.08. The quantitative estimate of drug-likeness (QED) is 0.776. The number of rotatable bonds is 5. The summed E-state index contributed by atoms with van der Waals surface area (Å²) >= 11 is 0. The van der Waals surface area contributed by atoms with Gasteiger partial charge in [0.25, 0.3) is 0 Å². The molecule has 0 bridgehead atoms. The van der Waals surface area contributed by atoms with E-state index in [1.807, 2.05) is 24.3 Å². The number of imidazole rings is 1. The average molecular weight is 231 g/mol. The van der Waals surface area contributed by atoms with Gasteiger partial charge in [-0.05, 0) is 30.7 Å². The summed E-state index contributed by atoms with van der Waals surface area (Å²) in [5, 5.41) is 3.34. The van der Waals surface area contributed by atoms with Crippen LogP contribution in [-0.2, 0) is 0 Å². The van der Waals surface area contributed by atoms with Crippen molar-refractivity contribution in [2.45, 2.75) is 19.8 Å². The second kappa shape index (κ2) is 5.39. The summed E-state index contributed by atoms with van der Waals surface area (Å²) in [7, 11) is 0. The maximum atomic E-state index is 11.4. The van der Waals surface area contributed by atoms with Gasteiger partial charge in [-0.25, -0.2) is 4.79 Å². The number of hydrogen-bond donors (Lipinski definition) is 2. The van der Waals surface area contributed by atoms with Crippen molar-refractivity contribution in [2.75, 3.05) is 11.9 Å². The van der Waals surface area contributed by atoms with Crippen molar-refractivity contribution in [2.24, 2.45) is 0 Å². The Hall–Kier alpha value is -1.97. The summed E-state index contributed by atoms with van der Waals surface area (Å²) in [6.07, 6.45) is 5.71. The van der Waals surface area contributed by atoms with E-state index in [4.69, 9.17) is 0 Å². The molecule has 1 aromatic carbocycles. The number of anilines is 1. The predicted octanol–water partition coefficient (Wildman–Crippen LogP) is 2.38. The zero-order valence-electron chi connectivity index (χ0n) is 9.94. The Bertz CT molecular complexity index is 510. The summed E-state index contributed by atoms with van der Waals surface area (Å²) < 4.78 is 1.58. The molecular weight excluding hydrogens is 214 g/mol. The lowest BCUT2D eigenvalue weighted by atomic mass is 10.2. The molecule has 90 valence electrons. The van der Waals surface area contributed by atoms with Crippen molar-refractivity contribution in [3.05, 3.63) is 47.1 Å². The van der Waals surface area contributed by atoms with Crippen LogP contribution in [0.4, 0.5) is 5.69 Å². The molecular formula is C13H17N3O. The van der Waals surface area contributed by atoms with Crippen LogP contribution in [0.15, 0.2) is 41.5 Å². The molecule has 1 aromatic heterocycles. The summed E-state index contributed by atoms with van der Waals surface area (Å²) in [6, 6.07) is 7.85. The van der Waals surface area contributed by atoms with Gasteiger partial charge in [-0.3, -0.25) is 4.57 Å². The average Bonchev–Trinajstić information content (AvgIpc) is 2.77. The van der Waals surface area contributed by atoms with Crippen LogP contribution in [-0.4, -0.2) is 16.1 Å². The highest BCUT2D eigenvalue weighted by atomic mass is 16.1. The van der Waals surface area contributed by atoms with Crippen molar-refractivity contribution < 1.29 is 0 Å². The first-order valence-electron chi connectivity index (χ1n) is 5.91. The fourth-order valence-electron chi connectivity index (χ4n) is 1.67. The molecule has 0 saturated heterocycles. The third kappa shape index (κ3) is 2.78. The van der Waals surface area contributed by atoms with E-state index in [2.05, 4.69) is 17.2 Å². The number of nitrogens with zero attached hydrogens (tertiary/aromatic N) is 1. The second-order valence-electron chi connectivity index (χ2n) is 3.96. The fourth-order valence-corrected chi connectivity index (χ4v) is 1.67. The highest BCUT2D eigenvalue weighted by Gasteiger charge is 1.99. The van der Waals surface area contributed by atoms with E-state index < -0.39 is 0 Å². The first kappa shape index (κ1) is 11.5. The largest absolute Gasteiger partial charge is 0.385 e. The monoisotopic (exact) mass is 231 g/mol. The number of hydrogen-bond acceptors (Lipinski definition) is 2. The van der Waals surface area contributed by atoms with E-state index in [1.165, 1.54) is 12.8 Å². The lowest BCUT2D eigenvalue weighted by Gasteiger charge is -2.06. The molecule has 0 saturated carbocycles. The van der Waals surface area contributed by atoms with E-state index in [1.54, 1.807) is 17.0 Å². The van der Waals surface area contributed by atoms with Crippen LogP contribution in [0.2, 0.25) is 0 Å². The summed E-state index contributed by atoms with van der Waals surface area (Å²) in [6.45, 7) is 3.16. The van der Waals surface area contributed by atoms with Crippen molar-refractivity contribution >= 4 is 5.69 Å². The summed E-state index contributed by atoms with van der Waals surface area (Å²) in [4.78, 5) is 14.0. The van der Waals surface area contributed by atoms with Gasteiger partial charge < -0.3 is 10.3 Å². The molecule has 2 N–H and O–H groups in total. The van der Waals surface area contributed by atoms with E-state index in [9.17, 15) is 4.79 Å². The van der Waals surface area contributed by atoms with Crippen LogP contribution >= 0.6 is 0 Å². The van der Waals surface area contributed by atoms with Crippen molar-refractivity contribution in [3.8, 4) is 5.69 Å². The smallest absolute Gasteiger partial charge is 0.330 e. The van der Waals surface area contributed by atoms with Crippen molar-refractivity contribution in [1.82, 2.24) is 9.55 Å². The molecule has 4 heteroatoms. The number of benzene rings is 1. The highest BCUT2D eigenvalue weighted by molar-refractivity contribution is 5.48. The number of unbranched alkanes of at least 4 members (excludes halogenated alkanes) is 1. The normalized spacial score (nSPS) is 10.4. The molecule has 1 heterocycles. The molecule has 4 nitrogen and oxygen atoms in total. The van der Waals surface area contributed by atoms with Crippen LogP contribution in [0.3, 0.4) is 0 Å². The Morgan fingerprint density at radius 1 is 1.29 bits per heavy atom. The van der Waals surface area contributed by atoms with Gasteiger partial charge in [-0.15, -0.1) is 0 Å². The van der Waals surface area contributed by atoms with E-state index in [0.717, 1.165) is 17.9 Å². The fraction of sp³-hybridized carbons (Fsp3) is 0.308. The minimum absolute atomic E-state index is 0.114. The molecule has 17 heavy (non-hydrogen) atoms. The Labute approximate surface area is 100 Å². The first-order chi connectivity index (χ1) is 8.31. The zero-order valence-corrected chi connectivity index (χ0v) is 9.94. The van der Waals surface area contributed by atoms with Crippen LogP contribution in [0.25, 0.3) is 5.69 Å². The van der Waals surface area contributed by atoms with Crippen molar-refractivity contribution in [1.29, 1.82) is 0 Å².